The summed E-state index contributed by atoms with van der Waals surface area (Å²) in [4.78, 5) is 11.0. The van der Waals surface area contributed by atoms with Crippen molar-refractivity contribution in [1.29, 1.82) is 0 Å². The molecule has 1 aliphatic heterocycles. The van der Waals surface area contributed by atoms with Gasteiger partial charge in [0.2, 0.25) is 0 Å². The van der Waals surface area contributed by atoms with E-state index in [0.717, 1.165) is 0 Å². The molecule has 0 radical (unpaired) electrons. The van der Waals surface area contributed by atoms with Gasteiger partial charge in [0.25, 0.3) is 0 Å². The number of ether oxygens (including phenoxy) is 1. The second-order valence-corrected chi connectivity index (χ2v) is 2.96. The summed E-state index contributed by atoms with van der Waals surface area (Å²) in [5, 5.41) is 0. The molecule has 0 bridgehead atoms. The standard InChI is InChI=1S/C8H12O2/c1-5(2)8-7(9)4-6(3)10-8/h5,8H,3-4H2,1-2H3. The van der Waals surface area contributed by atoms with E-state index in [1.165, 1.54) is 0 Å². The predicted molar refractivity (Wildman–Crippen MR) is 38.5 cm³/mol. The fourth-order valence-electron chi connectivity index (χ4n) is 1.09. The fraction of sp³-hybridized carbons (Fsp3) is 0.625. The molecule has 1 heterocycles. The van der Waals surface area contributed by atoms with Gasteiger partial charge in [-0.15, -0.1) is 0 Å². The highest BCUT2D eigenvalue weighted by Gasteiger charge is 2.30. The topological polar surface area (TPSA) is 26.3 Å². The summed E-state index contributed by atoms with van der Waals surface area (Å²) in [6.07, 6.45) is 0.176. The number of hydrogen-bond donors (Lipinski definition) is 0. The zero-order chi connectivity index (χ0) is 7.72. The Kier molecular flexibility index (Phi) is 1.79. The Bertz CT molecular complexity index is 170. The summed E-state index contributed by atoms with van der Waals surface area (Å²) in [6.45, 7) is 7.54. The van der Waals surface area contributed by atoms with Crippen molar-refractivity contribution in [3.8, 4) is 0 Å². The molecule has 56 valence electrons. The van der Waals surface area contributed by atoms with E-state index in [-0.39, 0.29) is 17.8 Å². The number of ketones is 1. The molecular formula is C8H12O2. The van der Waals surface area contributed by atoms with Gasteiger partial charge in [-0.25, -0.2) is 0 Å². The minimum Gasteiger partial charge on any atom is -0.487 e. The number of carbonyl (C=O) groups excluding carboxylic acids is 1. The molecule has 1 aliphatic rings. The van der Waals surface area contributed by atoms with Gasteiger partial charge in [0.05, 0.1) is 12.2 Å². The van der Waals surface area contributed by atoms with E-state index in [0.29, 0.717) is 12.2 Å². The summed E-state index contributed by atoms with van der Waals surface area (Å²) in [7, 11) is 0. The molecular weight excluding hydrogens is 128 g/mol. The van der Waals surface area contributed by atoms with E-state index in [1.54, 1.807) is 0 Å². The van der Waals surface area contributed by atoms with E-state index in [2.05, 4.69) is 6.58 Å². The summed E-state index contributed by atoms with van der Waals surface area (Å²) in [5.74, 6) is 1.05. The quantitative estimate of drug-likeness (QED) is 0.552. The third-order valence-electron chi connectivity index (χ3n) is 1.59. The highest BCUT2D eigenvalue weighted by molar-refractivity contribution is 5.87. The molecule has 0 spiro atoms. The lowest BCUT2D eigenvalue weighted by molar-refractivity contribution is -0.123. The summed E-state index contributed by atoms with van der Waals surface area (Å²) < 4.78 is 5.19. The molecule has 1 rings (SSSR count). The second-order valence-electron chi connectivity index (χ2n) is 2.96. The van der Waals surface area contributed by atoms with Crippen LogP contribution in [0.1, 0.15) is 20.3 Å². The molecule has 2 heteroatoms. The van der Waals surface area contributed by atoms with E-state index in [9.17, 15) is 4.79 Å². The van der Waals surface area contributed by atoms with Gasteiger partial charge in [0, 0.05) is 0 Å². The zero-order valence-corrected chi connectivity index (χ0v) is 6.39. The lowest BCUT2D eigenvalue weighted by Crippen LogP contribution is -2.21. The van der Waals surface area contributed by atoms with Gasteiger partial charge in [-0.3, -0.25) is 4.79 Å². The van der Waals surface area contributed by atoms with Crippen molar-refractivity contribution in [1.82, 2.24) is 0 Å². The molecule has 0 N–H and O–H groups in total. The molecule has 0 aromatic carbocycles. The van der Waals surface area contributed by atoms with Crippen LogP contribution < -0.4 is 0 Å². The van der Waals surface area contributed by atoms with E-state index in [4.69, 9.17) is 4.74 Å². The first-order valence-corrected chi connectivity index (χ1v) is 3.48. The molecule has 2 nitrogen and oxygen atoms in total. The number of Topliss-reactive ketones (excluding diaryl/α,β-unsaturated/α-hetero) is 1. The summed E-state index contributed by atoms with van der Waals surface area (Å²) in [5.41, 5.74) is 0. The predicted octanol–water partition coefficient (Wildman–Crippen LogP) is 1.51. The fourth-order valence-corrected chi connectivity index (χ4v) is 1.09. The number of rotatable bonds is 1. The van der Waals surface area contributed by atoms with Crippen LogP contribution in [0.25, 0.3) is 0 Å². The minimum absolute atomic E-state index is 0.167. The molecule has 0 aromatic heterocycles. The monoisotopic (exact) mass is 140 g/mol. The first kappa shape index (κ1) is 7.32. The Labute approximate surface area is 60.9 Å². The maximum Gasteiger partial charge on any atom is 0.180 e. The third kappa shape index (κ3) is 1.20. The van der Waals surface area contributed by atoms with Crippen molar-refractivity contribution < 1.29 is 9.53 Å². The van der Waals surface area contributed by atoms with Crippen LogP contribution in [0.2, 0.25) is 0 Å². The zero-order valence-electron chi connectivity index (χ0n) is 6.39. The first-order chi connectivity index (χ1) is 4.61. The average molecular weight is 140 g/mol. The Morgan fingerprint density at radius 2 is 2.30 bits per heavy atom. The van der Waals surface area contributed by atoms with Crippen molar-refractivity contribution in [2.24, 2.45) is 5.92 Å². The maximum absolute atomic E-state index is 11.0. The Morgan fingerprint density at radius 1 is 1.70 bits per heavy atom. The van der Waals surface area contributed by atoms with Gasteiger partial charge in [0.15, 0.2) is 11.9 Å². The normalized spacial score (nSPS) is 25.7. The Balaban J connectivity index is 2.63. The van der Waals surface area contributed by atoms with Crippen molar-refractivity contribution in [3.05, 3.63) is 12.3 Å². The van der Waals surface area contributed by atoms with Crippen molar-refractivity contribution >= 4 is 5.78 Å². The molecule has 1 atom stereocenters. The summed E-state index contributed by atoms with van der Waals surface area (Å²) >= 11 is 0. The molecule has 0 amide bonds. The van der Waals surface area contributed by atoms with Crippen LogP contribution in [-0.4, -0.2) is 11.9 Å². The van der Waals surface area contributed by atoms with Crippen LogP contribution >= 0.6 is 0 Å². The van der Waals surface area contributed by atoms with E-state index in [1.807, 2.05) is 13.8 Å². The Morgan fingerprint density at radius 3 is 2.50 bits per heavy atom. The highest BCUT2D eigenvalue weighted by Crippen LogP contribution is 2.23. The molecule has 0 aromatic rings. The number of allylic oxidation sites excluding steroid dienone is 1. The van der Waals surface area contributed by atoms with Crippen molar-refractivity contribution in [2.45, 2.75) is 26.4 Å². The van der Waals surface area contributed by atoms with Gasteiger partial charge in [-0.1, -0.05) is 20.4 Å². The lowest BCUT2D eigenvalue weighted by Gasteiger charge is -2.11. The van der Waals surface area contributed by atoms with Crippen LogP contribution in [0.3, 0.4) is 0 Å². The highest BCUT2D eigenvalue weighted by atomic mass is 16.5. The molecule has 1 saturated heterocycles. The smallest absolute Gasteiger partial charge is 0.180 e. The molecule has 0 aliphatic carbocycles. The lowest BCUT2D eigenvalue weighted by atomic mass is 10.0. The first-order valence-electron chi connectivity index (χ1n) is 3.48. The van der Waals surface area contributed by atoms with Gasteiger partial charge in [-0.2, -0.15) is 0 Å². The van der Waals surface area contributed by atoms with Crippen LogP contribution in [0.4, 0.5) is 0 Å². The van der Waals surface area contributed by atoms with Gasteiger partial charge < -0.3 is 4.74 Å². The Hall–Kier alpha value is -0.790. The third-order valence-corrected chi connectivity index (χ3v) is 1.59. The largest absolute Gasteiger partial charge is 0.487 e. The van der Waals surface area contributed by atoms with Crippen molar-refractivity contribution in [2.75, 3.05) is 0 Å². The molecule has 10 heavy (non-hydrogen) atoms. The van der Waals surface area contributed by atoms with Gasteiger partial charge >= 0.3 is 0 Å². The molecule has 1 unspecified atom stereocenters. The maximum atomic E-state index is 11.0. The van der Waals surface area contributed by atoms with Gasteiger partial charge in [-0.05, 0) is 5.92 Å². The molecule has 0 saturated carbocycles. The van der Waals surface area contributed by atoms with Crippen LogP contribution in [0.5, 0.6) is 0 Å². The molecule has 1 fully saturated rings. The van der Waals surface area contributed by atoms with E-state index < -0.39 is 0 Å². The van der Waals surface area contributed by atoms with Crippen LogP contribution in [0, 0.1) is 5.92 Å². The minimum atomic E-state index is -0.229. The number of carbonyl (C=O) groups is 1. The number of hydrogen-bond acceptors (Lipinski definition) is 2. The second kappa shape index (κ2) is 2.45. The van der Waals surface area contributed by atoms with Crippen molar-refractivity contribution in [3.63, 3.8) is 0 Å². The van der Waals surface area contributed by atoms with Gasteiger partial charge in [0.1, 0.15) is 0 Å². The average Bonchev–Trinajstić information content (AvgIpc) is 2.10. The van der Waals surface area contributed by atoms with Crippen LogP contribution in [-0.2, 0) is 9.53 Å². The van der Waals surface area contributed by atoms with E-state index >= 15 is 0 Å². The SMILES string of the molecule is C=C1CC(=O)C(C(C)C)O1. The summed E-state index contributed by atoms with van der Waals surface area (Å²) in [6, 6.07) is 0. The van der Waals surface area contributed by atoms with Crippen LogP contribution in [0.15, 0.2) is 12.3 Å².